The van der Waals surface area contributed by atoms with Crippen LogP contribution in [0.5, 0.6) is 17.2 Å². The van der Waals surface area contributed by atoms with Gasteiger partial charge in [-0.3, -0.25) is 24.2 Å². The number of nitrogens with one attached hydrogen (secondary N) is 1. The van der Waals surface area contributed by atoms with E-state index in [2.05, 4.69) is 11.4 Å². The monoisotopic (exact) mass is 763 g/mol. The number of benzene rings is 1. The molecule has 1 saturated carbocycles. The van der Waals surface area contributed by atoms with Gasteiger partial charge in [-0.15, -0.1) is 0 Å². The lowest BCUT2D eigenvalue weighted by atomic mass is 9.51. The molecule has 3 heterocycles. The first-order valence-electron chi connectivity index (χ1n) is 19.0. The fraction of sp³-hybridized carbons (Fsp3) is 0.548. The Bertz CT molecular complexity index is 1990. The summed E-state index contributed by atoms with van der Waals surface area (Å²) in [5.41, 5.74) is -1.73. The Hall–Kier alpha value is -3.76. The smallest absolute Gasteiger partial charge is 0.482 e. The summed E-state index contributed by atoms with van der Waals surface area (Å²) < 4.78 is 39.0. The van der Waals surface area contributed by atoms with Crippen LogP contribution >= 0.6 is 7.82 Å². The Balaban J connectivity index is 1.59. The Morgan fingerprint density at radius 2 is 1.74 bits per heavy atom. The standard InChI is InChI=1S/C42H54NO10P/c1-10-11-21-43-38(46)26(6)16-20-41-37(45)27-22-30-33(44)32-35(51-42(30,41)31(23-27)39(7,8)53-41)28(15-14-25(4)5)34-29(36(32)52-54(47,48)49)17-19-40(9,50-34)18-12-13-24(2)3/h13-14,16-17,19,22,27,31H,10-12,15,18,20-21,23H2,1-9H3,(H,43,46)(H2,47,48,49)/b26-16-. The molecule has 292 valence electrons. The van der Waals surface area contributed by atoms with Crippen LogP contribution in [-0.2, 0) is 25.3 Å². The van der Waals surface area contributed by atoms with Crippen molar-refractivity contribution in [2.75, 3.05) is 6.54 Å². The average Bonchev–Trinajstić information content (AvgIpc) is 3.22. The number of ketones is 2. The normalized spacial score (nSPS) is 28.6. The number of amides is 1. The summed E-state index contributed by atoms with van der Waals surface area (Å²) in [6.45, 7) is 17.9. The molecule has 3 aliphatic carbocycles. The van der Waals surface area contributed by atoms with Gasteiger partial charge in [0.15, 0.2) is 28.5 Å². The summed E-state index contributed by atoms with van der Waals surface area (Å²) in [4.78, 5) is 63.4. The van der Waals surface area contributed by atoms with Crippen LogP contribution in [0, 0.1) is 11.8 Å². The molecule has 12 heteroatoms. The van der Waals surface area contributed by atoms with Crippen molar-refractivity contribution in [3.05, 3.63) is 69.4 Å². The van der Waals surface area contributed by atoms with Crippen LogP contribution in [0.3, 0.4) is 0 Å². The molecule has 11 nitrogen and oxygen atoms in total. The second-order valence-corrected chi connectivity index (χ2v) is 17.8. The molecule has 0 aromatic heterocycles. The molecule has 3 aliphatic heterocycles. The third-order valence-electron chi connectivity index (χ3n) is 11.5. The quantitative estimate of drug-likeness (QED) is 0.0783. The van der Waals surface area contributed by atoms with Crippen LogP contribution in [-0.4, -0.2) is 56.2 Å². The average molecular weight is 764 g/mol. The van der Waals surface area contributed by atoms with E-state index in [0.717, 1.165) is 24.0 Å². The van der Waals surface area contributed by atoms with Crippen molar-refractivity contribution in [3.8, 4) is 17.2 Å². The predicted molar refractivity (Wildman–Crippen MR) is 206 cm³/mol. The van der Waals surface area contributed by atoms with E-state index in [0.29, 0.717) is 36.9 Å². The number of ether oxygens (including phenoxy) is 3. The van der Waals surface area contributed by atoms with Crippen molar-refractivity contribution in [1.82, 2.24) is 5.32 Å². The summed E-state index contributed by atoms with van der Waals surface area (Å²) in [6, 6.07) is 0. The minimum Gasteiger partial charge on any atom is -0.482 e. The first kappa shape index (κ1) is 39.9. The van der Waals surface area contributed by atoms with E-state index in [1.54, 1.807) is 25.2 Å². The molecule has 1 amide bonds. The van der Waals surface area contributed by atoms with Gasteiger partial charge in [0.05, 0.1) is 11.2 Å². The molecule has 1 aromatic rings. The van der Waals surface area contributed by atoms with Crippen molar-refractivity contribution in [3.63, 3.8) is 0 Å². The van der Waals surface area contributed by atoms with Gasteiger partial charge in [-0.25, -0.2) is 4.57 Å². The first-order valence-corrected chi connectivity index (χ1v) is 20.5. The molecule has 7 rings (SSSR count). The molecular formula is C42H54NO10P. The zero-order valence-corrected chi connectivity index (χ0v) is 33.8. The van der Waals surface area contributed by atoms with Crippen LogP contribution in [0.15, 0.2) is 52.7 Å². The fourth-order valence-electron chi connectivity index (χ4n) is 8.89. The highest BCUT2D eigenvalue weighted by Gasteiger charge is 2.81. The number of carbonyl (C=O) groups is 3. The van der Waals surface area contributed by atoms with E-state index in [4.69, 9.17) is 18.7 Å². The number of Topliss-reactive ketones (excluding diaryl/α,β-unsaturated/α-hetero) is 2. The SMILES string of the molecule is CCCCNC(=O)/C(C)=C\CC12OC(C)(C)C3CC(C=C4C(=O)c5c(OP(=O)(O)O)c6c(c(CC=C(C)C)c5OC431)OC(C)(CCC=C(C)C)C=C6)C2=O. The van der Waals surface area contributed by atoms with E-state index in [-0.39, 0.29) is 58.5 Å². The lowest BCUT2D eigenvalue weighted by molar-refractivity contribution is -0.171. The van der Waals surface area contributed by atoms with Gasteiger partial charge in [0.2, 0.25) is 5.91 Å². The van der Waals surface area contributed by atoms with Crippen molar-refractivity contribution in [1.29, 1.82) is 0 Å². The molecule has 5 unspecified atom stereocenters. The van der Waals surface area contributed by atoms with Gasteiger partial charge in [0.25, 0.3) is 0 Å². The fourth-order valence-corrected chi connectivity index (χ4v) is 9.32. The minimum absolute atomic E-state index is 0.0308. The van der Waals surface area contributed by atoms with Crippen LogP contribution in [0.4, 0.5) is 0 Å². The molecular weight excluding hydrogens is 709 g/mol. The molecule has 1 saturated heterocycles. The summed E-state index contributed by atoms with van der Waals surface area (Å²) in [5, 5.41) is 2.92. The van der Waals surface area contributed by atoms with Gasteiger partial charge in [-0.05, 0) is 99.6 Å². The molecule has 1 spiro atoms. The van der Waals surface area contributed by atoms with Gasteiger partial charge in [0.1, 0.15) is 22.7 Å². The highest BCUT2D eigenvalue weighted by molar-refractivity contribution is 7.46. The zero-order valence-electron chi connectivity index (χ0n) is 32.9. The maximum atomic E-state index is 15.2. The summed E-state index contributed by atoms with van der Waals surface area (Å²) >= 11 is 0. The second kappa shape index (κ2) is 14.1. The maximum absolute atomic E-state index is 15.2. The van der Waals surface area contributed by atoms with E-state index < -0.39 is 47.8 Å². The van der Waals surface area contributed by atoms with Crippen molar-refractivity contribution >= 4 is 31.4 Å². The minimum atomic E-state index is -5.22. The van der Waals surface area contributed by atoms with Gasteiger partial charge in [-0.2, -0.15) is 0 Å². The zero-order chi connectivity index (χ0) is 39.6. The number of allylic oxidation sites excluding steroid dienone is 5. The number of hydrogen-bond donors (Lipinski definition) is 3. The predicted octanol–water partition coefficient (Wildman–Crippen LogP) is 7.84. The molecule has 5 atom stereocenters. The number of fused-ring (bicyclic) bond motifs is 2. The number of rotatable bonds is 13. The Morgan fingerprint density at radius 3 is 2.39 bits per heavy atom. The third-order valence-corrected chi connectivity index (χ3v) is 11.9. The molecule has 2 fully saturated rings. The van der Waals surface area contributed by atoms with Crippen LogP contribution in [0.25, 0.3) is 6.08 Å². The van der Waals surface area contributed by atoms with E-state index >= 15 is 4.79 Å². The van der Waals surface area contributed by atoms with Crippen LogP contribution in [0.1, 0.15) is 122 Å². The largest absolute Gasteiger partial charge is 0.524 e. The molecule has 0 radical (unpaired) electrons. The second-order valence-electron chi connectivity index (χ2n) is 16.6. The van der Waals surface area contributed by atoms with Crippen LogP contribution in [0.2, 0.25) is 0 Å². The van der Waals surface area contributed by atoms with Gasteiger partial charge < -0.3 is 24.1 Å². The van der Waals surface area contributed by atoms with E-state index in [9.17, 15) is 23.9 Å². The maximum Gasteiger partial charge on any atom is 0.524 e. The molecule has 4 bridgehead atoms. The van der Waals surface area contributed by atoms with Gasteiger partial charge >= 0.3 is 7.82 Å². The van der Waals surface area contributed by atoms with Crippen molar-refractivity contribution in [2.24, 2.45) is 11.8 Å². The molecule has 6 aliphatic rings. The topological polar surface area (TPSA) is 158 Å². The Kier molecular flexibility index (Phi) is 10.4. The summed E-state index contributed by atoms with van der Waals surface area (Å²) in [6.07, 6.45) is 14.6. The highest BCUT2D eigenvalue weighted by Crippen LogP contribution is 2.69. The Morgan fingerprint density at radius 1 is 1.04 bits per heavy atom. The molecule has 54 heavy (non-hydrogen) atoms. The lowest BCUT2D eigenvalue weighted by Gasteiger charge is -2.56. The van der Waals surface area contributed by atoms with Crippen molar-refractivity contribution in [2.45, 2.75) is 130 Å². The van der Waals surface area contributed by atoms with E-state index in [1.165, 1.54) is 0 Å². The number of hydrogen-bond acceptors (Lipinski definition) is 8. The third kappa shape index (κ3) is 6.65. The number of carbonyl (C=O) groups excluding carboxylic acids is 3. The lowest BCUT2D eigenvalue weighted by Crippen LogP contribution is -2.72. The number of phosphoric acid groups is 1. The first-order chi connectivity index (χ1) is 25.2. The molecule has 1 aromatic carbocycles. The van der Waals surface area contributed by atoms with Gasteiger partial charge in [0, 0.05) is 41.5 Å². The summed E-state index contributed by atoms with van der Waals surface area (Å²) in [5.74, 6) is -2.20. The number of phosphoric ester groups is 1. The Labute approximate surface area is 318 Å². The number of unbranched alkanes of at least 4 members (excludes halogenated alkanes) is 1. The molecule has 3 N–H and O–H groups in total. The van der Waals surface area contributed by atoms with Gasteiger partial charge in [-0.1, -0.05) is 48.8 Å². The van der Waals surface area contributed by atoms with Crippen LogP contribution < -0.4 is 19.3 Å². The van der Waals surface area contributed by atoms with E-state index in [1.807, 2.05) is 67.5 Å². The highest BCUT2D eigenvalue weighted by atomic mass is 31.2. The summed E-state index contributed by atoms with van der Waals surface area (Å²) in [7, 11) is -5.22. The van der Waals surface area contributed by atoms with Crippen molar-refractivity contribution < 1.29 is 47.5 Å².